The molecular formula is C32H45N5O3S. The van der Waals surface area contributed by atoms with Crippen molar-refractivity contribution < 1.29 is 14.3 Å². The van der Waals surface area contributed by atoms with Gasteiger partial charge in [-0.25, -0.2) is 4.99 Å². The maximum absolute atomic E-state index is 13.4. The fraction of sp³-hybridized carbons (Fsp3) is 0.531. The maximum atomic E-state index is 13.4. The summed E-state index contributed by atoms with van der Waals surface area (Å²) in [5, 5.41) is 0. The van der Waals surface area contributed by atoms with Crippen molar-refractivity contribution in [2.75, 3.05) is 7.05 Å². The van der Waals surface area contributed by atoms with Crippen LogP contribution in [0.1, 0.15) is 76.2 Å². The molecule has 2 aromatic carbocycles. The van der Waals surface area contributed by atoms with E-state index >= 15 is 0 Å². The summed E-state index contributed by atoms with van der Waals surface area (Å²) in [6, 6.07) is 16.1. The van der Waals surface area contributed by atoms with E-state index in [0.717, 1.165) is 67.7 Å². The number of aliphatic imine (C=N–C) groups is 1. The van der Waals surface area contributed by atoms with Gasteiger partial charge in [-0.2, -0.15) is 13.5 Å². The van der Waals surface area contributed by atoms with E-state index < -0.39 is 0 Å². The van der Waals surface area contributed by atoms with Crippen molar-refractivity contribution in [1.82, 2.24) is 9.80 Å². The number of primary amides is 1. The first-order valence-electron chi connectivity index (χ1n) is 14.9. The Hall–Kier alpha value is -3.20. The van der Waals surface area contributed by atoms with Crippen molar-refractivity contribution in [1.29, 1.82) is 0 Å². The van der Waals surface area contributed by atoms with E-state index in [4.69, 9.17) is 21.2 Å². The molecule has 1 heterocycles. The Balaban J connectivity index is 0.00000387. The molecule has 3 aliphatic rings. The van der Waals surface area contributed by atoms with Crippen LogP contribution in [-0.2, 0) is 16.1 Å². The molecule has 0 spiro atoms. The van der Waals surface area contributed by atoms with E-state index in [1.165, 1.54) is 19.3 Å². The Morgan fingerprint density at radius 1 is 1.00 bits per heavy atom. The van der Waals surface area contributed by atoms with Gasteiger partial charge in [0.15, 0.2) is 5.96 Å². The molecule has 2 aromatic rings. The number of carbonyl (C=O) groups excluding carboxylic acids is 2. The summed E-state index contributed by atoms with van der Waals surface area (Å²) >= 11 is 0. The van der Waals surface area contributed by atoms with Crippen molar-refractivity contribution >= 4 is 37.0 Å². The van der Waals surface area contributed by atoms with Gasteiger partial charge in [0, 0.05) is 43.6 Å². The minimum Gasteiger partial charge on any atom is -0.457 e. The van der Waals surface area contributed by atoms with E-state index in [-0.39, 0.29) is 43.3 Å². The number of hydrogen-bond donors (Lipinski definition) is 2. The van der Waals surface area contributed by atoms with Crippen LogP contribution in [0.4, 0.5) is 5.69 Å². The molecule has 1 atom stereocenters. The number of hydrogen-bond acceptors (Lipinski definition) is 6. The van der Waals surface area contributed by atoms with Crippen LogP contribution in [0.5, 0.6) is 11.5 Å². The van der Waals surface area contributed by atoms with Gasteiger partial charge < -0.3 is 26.0 Å². The molecule has 2 fully saturated rings. The first kappa shape index (κ1) is 30.8. The van der Waals surface area contributed by atoms with E-state index in [1.54, 1.807) is 0 Å². The molecule has 0 aromatic heterocycles. The molecule has 0 bridgehead atoms. The first-order valence-corrected chi connectivity index (χ1v) is 14.9. The van der Waals surface area contributed by atoms with Crippen molar-refractivity contribution in [2.45, 2.75) is 89.3 Å². The molecule has 8 nitrogen and oxygen atoms in total. The number of benzene rings is 2. The first-order chi connectivity index (χ1) is 19.4. The zero-order chi connectivity index (χ0) is 28.1. The maximum Gasteiger partial charge on any atom is 0.222 e. The molecule has 1 aliphatic heterocycles. The highest BCUT2D eigenvalue weighted by Gasteiger charge is 2.34. The second-order valence-electron chi connectivity index (χ2n) is 11.7. The number of fused-ring (bicyclic) bond motifs is 1. The Kier molecular flexibility index (Phi) is 10.6. The van der Waals surface area contributed by atoms with Crippen LogP contribution in [0.3, 0.4) is 0 Å². The summed E-state index contributed by atoms with van der Waals surface area (Å²) in [5.74, 6) is 2.47. The third-order valence-corrected chi connectivity index (χ3v) is 9.19. The Bertz CT molecular complexity index is 1210. The zero-order valence-electron chi connectivity index (χ0n) is 24.1. The number of rotatable bonds is 9. The number of guanidine groups is 1. The fourth-order valence-electron chi connectivity index (χ4n) is 6.79. The van der Waals surface area contributed by atoms with Gasteiger partial charge in [-0.15, -0.1) is 0 Å². The third-order valence-electron chi connectivity index (χ3n) is 9.19. The van der Waals surface area contributed by atoms with Crippen LogP contribution in [0.15, 0.2) is 53.5 Å². The predicted molar refractivity (Wildman–Crippen MR) is 167 cm³/mol. The molecule has 222 valence electrons. The second kappa shape index (κ2) is 14.1. The molecule has 2 amide bonds. The lowest BCUT2D eigenvalue weighted by Crippen LogP contribution is -2.49. The molecule has 2 aliphatic carbocycles. The number of nitrogens with zero attached hydrogens (tertiary/aromatic N) is 3. The lowest BCUT2D eigenvalue weighted by Gasteiger charge is -2.41. The number of para-hydroxylation sites is 1. The lowest BCUT2D eigenvalue weighted by atomic mass is 9.81. The van der Waals surface area contributed by atoms with Crippen LogP contribution < -0.4 is 16.2 Å². The second-order valence-corrected chi connectivity index (χ2v) is 11.7. The fourth-order valence-corrected chi connectivity index (χ4v) is 6.79. The average Bonchev–Trinajstić information content (AvgIpc) is 2.98. The summed E-state index contributed by atoms with van der Waals surface area (Å²) in [4.78, 5) is 33.8. The highest BCUT2D eigenvalue weighted by molar-refractivity contribution is 7.59. The molecule has 0 radical (unpaired) electrons. The summed E-state index contributed by atoms with van der Waals surface area (Å²) in [6.07, 6.45) is 10.4. The molecule has 9 heteroatoms. The summed E-state index contributed by atoms with van der Waals surface area (Å²) in [7, 11) is 1.91. The highest BCUT2D eigenvalue weighted by Crippen LogP contribution is 2.37. The molecule has 41 heavy (non-hydrogen) atoms. The molecule has 5 rings (SSSR count). The third kappa shape index (κ3) is 7.56. The van der Waals surface area contributed by atoms with Gasteiger partial charge in [-0.05, 0) is 81.2 Å². The van der Waals surface area contributed by atoms with Crippen LogP contribution in [0.25, 0.3) is 0 Å². The van der Waals surface area contributed by atoms with Crippen molar-refractivity contribution in [2.24, 2.45) is 28.3 Å². The molecule has 4 N–H and O–H groups in total. The standard InChI is InChI=1S/C32H43N5O3.H2S/c1-36(25-14-12-23(13-15-25)31(33)39)30(38)19-18-29(22-8-4-2-5-9-22)37-21-24-20-27(16-17-28(24)35-32(37)34)40-26-10-6-3-7-11-26;/h3,6-7,10-11,16-17,20,22-23,25,29H,2,4-5,8-9,12-15,18-19,21H2,1H3,(H2,33,39)(H2,34,35);1H2/t23?,25?,29-;/m0./s1. The van der Waals surface area contributed by atoms with E-state index in [0.29, 0.717) is 24.8 Å². The minimum atomic E-state index is -0.219. The van der Waals surface area contributed by atoms with Gasteiger partial charge in [-0.3, -0.25) is 9.59 Å². The number of amides is 2. The van der Waals surface area contributed by atoms with Crippen LogP contribution in [0.2, 0.25) is 0 Å². The largest absolute Gasteiger partial charge is 0.457 e. The minimum absolute atomic E-state index is 0. The number of nitrogens with two attached hydrogens (primary N) is 2. The summed E-state index contributed by atoms with van der Waals surface area (Å²) < 4.78 is 6.09. The molecule has 2 saturated carbocycles. The number of ether oxygens (including phenoxy) is 1. The molecular weight excluding hydrogens is 534 g/mol. The van der Waals surface area contributed by atoms with Crippen LogP contribution in [-0.4, -0.2) is 46.7 Å². The summed E-state index contributed by atoms with van der Waals surface area (Å²) in [6.45, 7) is 0.652. The number of carbonyl (C=O) groups is 2. The smallest absolute Gasteiger partial charge is 0.222 e. The normalized spacial score (nSPS) is 21.6. The highest BCUT2D eigenvalue weighted by atomic mass is 32.1. The van der Waals surface area contributed by atoms with Gasteiger partial charge in [-0.1, -0.05) is 37.5 Å². The SMILES string of the molecule is CN(C(=O)CC[C@@H](C1CCCCC1)N1Cc2cc(Oc3ccccc3)ccc2N=C1N)C1CCC(C(N)=O)CC1.S. The monoisotopic (exact) mass is 579 g/mol. The predicted octanol–water partition coefficient (Wildman–Crippen LogP) is 5.59. The van der Waals surface area contributed by atoms with Gasteiger partial charge >= 0.3 is 0 Å². The van der Waals surface area contributed by atoms with Gasteiger partial charge in [0.1, 0.15) is 11.5 Å². The van der Waals surface area contributed by atoms with E-state index in [9.17, 15) is 9.59 Å². The van der Waals surface area contributed by atoms with Gasteiger partial charge in [0.25, 0.3) is 0 Å². The lowest BCUT2D eigenvalue weighted by molar-refractivity contribution is -0.133. The van der Waals surface area contributed by atoms with Crippen LogP contribution >= 0.6 is 13.5 Å². The average molecular weight is 580 g/mol. The Morgan fingerprint density at radius 2 is 1.71 bits per heavy atom. The Morgan fingerprint density at radius 3 is 2.39 bits per heavy atom. The molecule has 0 unspecified atom stereocenters. The zero-order valence-corrected chi connectivity index (χ0v) is 25.1. The van der Waals surface area contributed by atoms with Gasteiger partial charge in [0.2, 0.25) is 11.8 Å². The van der Waals surface area contributed by atoms with Crippen LogP contribution in [0, 0.1) is 11.8 Å². The van der Waals surface area contributed by atoms with E-state index in [1.807, 2.05) is 54.4 Å². The van der Waals surface area contributed by atoms with Crippen molar-refractivity contribution in [3.05, 3.63) is 54.1 Å². The van der Waals surface area contributed by atoms with Crippen molar-refractivity contribution in [3.8, 4) is 11.5 Å². The Labute approximate surface area is 250 Å². The topological polar surface area (TPSA) is 114 Å². The quantitative estimate of drug-likeness (QED) is 0.402. The van der Waals surface area contributed by atoms with E-state index in [2.05, 4.69) is 11.0 Å². The van der Waals surface area contributed by atoms with Gasteiger partial charge in [0.05, 0.1) is 5.69 Å². The van der Waals surface area contributed by atoms with Crippen molar-refractivity contribution in [3.63, 3.8) is 0 Å². The summed E-state index contributed by atoms with van der Waals surface area (Å²) in [5.41, 5.74) is 14.1. The molecule has 0 saturated heterocycles.